The molecule has 0 spiro atoms. The normalized spacial score (nSPS) is 22.4. The highest BCUT2D eigenvalue weighted by Gasteiger charge is 2.45. The van der Waals surface area contributed by atoms with Crippen molar-refractivity contribution in [2.45, 2.75) is 88.8 Å². The van der Waals surface area contributed by atoms with Crippen LogP contribution in [0.1, 0.15) is 75.3 Å². The van der Waals surface area contributed by atoms with Crippen LogP contribution in [0.3, 0.4) is 0 Å². The minimum absolute atomic E-state index is 0.257. The smallest absolute Gasteiger partial charge is 0.321 e. The van der Waals surface area contributed by atoms with Crippen LogP contribution in [0.15, 0.2) is 86.0 Å². The van der Waals surface area contributed by atoms with Crippen LogP contribution in [-0.4, -0.2) is 82.5 Å². The van der Waals surface area contributed by atoms with Crippen molar-refractivity contribution in [3.8, 4) is 0 Å². The Morgan fingerprint density at radius 2 is 1.52 bits per heavy atom. The molecular weight excluding hydrogens is 546 g/mol. The van der Waals surface area contributed by atoms with Crippen LogP contribution in [0.2, 0.25) is 0 Å². The molecule has 0 bridgehead atoms. The number of rotatable bonds is 11. The third-order valence-corrected chi connectivity index (χ3v) is 9.99. The van der Waals surface area contributed by atoms with Gasteiger partial charge in [0.25, 0.3) is 0 Å². The van der Waals surface area contributed by atoms with Gasteiger partial charge in [0.1, 0.15) is 6.04 Å². The maximum Gasteiger partial charge on any atom is 0.321 e. The van der Waals surface area contributed by atoms with E-state index in [-0.39, 0.29) is 23.9 Å². The number of carboxylic acids is 1. The second-order valence-electron chi connectivity index (χ2n) is 12.6. The van der Waals surface area contributed by atoms with E-state index in [1.807, 2.05) is 18.2 Å². The number of carbonyl (C=O) groups excluding carboxylic acids is 1. The Morgan fingerprint density at radius 3 is 2.09 bits per heavy atom. The number of amides is 1. The minimum atomic E-state index is -0.648. The first-order valence-electron chi connectivity index (χ1n) is 16.8. The fourth-order valence-corrected chi connectivity index (χ4v) is 7.75. The van der Waals surface area contributed by atoms with Crippen LogP contribution in [0.5, 0.6) is 0 Å². The van der Waals surface area contributed by atoms with E-state index in [4.69, 9.17) is 0 Å². The highest BCUT2D eigenvalue weighted by atomic mass is 16.4. The number of aryl methyl sites for hydroxylation is 1. The van der Waals surface area contributed by atoms with Crippen LogP contribution in [0.4, 0.5) is 0 Å². The summed E-state index contributed by atoms with van der Waals surface area (Å²) in [6.45, 7) is 13.1. The van der Waals surface area contributed by atoms with Crippen molar-refractivity contribution in [1.29, 1.82) is 0 Å². The Morgan fingerprint density at radius 1 is 0.909 bits per heavy atom. The van der Waals surface area contributed by atoms with Crippen LogP contribution in [0.25, 0.3) is 0 Å². The van der Waals surface area contributed by atoms with E-state index in [9.17, 15) is 14.7 Å². The Labute approximate surface area is 265 Å². The average molecular weight is 600 g/mol. The fraction of sp³-hybridized carbons (Fsp3) is 0.526. The van der Waals surface area contributed by atoms with Gasteiger partial charge < -0.3 is 10.0 Å². The monoisotopic (exact) mass is 599 g/mol. The summed E-state index contributed by atoms with van der Waals surface area (Å²) >= 11 is 0. The van der Waals surface area contributed by atoms with Crippen LogP contribution >= 0.6 is 0 Å². The summed E-state index contributed by atoms with van der Waals surface area (Å²) in [5.41, 5.74) is 2.53. The van der Waals surface area contributed by atoms with Gasteiger partial charge in [-0.05, 0) is 56.1 Å². The number of benzene rings is 2. The molecule has 5 rings (SSSR count). The lowest BCUT2D eigenvalue weighted by Gasteiger charge is -2.42. The summed E-state index contributed by atoms with van der Waals surface area (Å²) in [5.74, 6) is 0.173. The van der Waals surface area contributed by atoms with Gasteiger partial charge in [-0.1, -0.05) is 105 Å². The molecule has 44 heavy (non-hydrogen) atoms. The van der Waals surface area contributed by atoms with E-state index < -0.39 is 5.97 Å². The number of allylic oxidation sites excluding steroid dienone is 2. The number of likely N-dealkylation sites (tertiary alicyclic amines) is 2. The molecule has 2 aromatic carbocycles. The molecule has 3 fully saturated rings. The standard InChI is InChI=1S/C34H47N3O3.C4H6/c1-2-37(32(38)19-18-26-12-6-3-7-13-26)29-20-22-35(23-21-29)31-25-36(24-30(31)27-14-8-4-9-15-27)33(34(39)40)28-16-10-5-11-17-28;1-3-4-2/h3-4,6-9,12-15,28-31,33H,2,5,10-11,16-25H2,1H3,(H,39,40);3-4H,1-2H2. The molecule has 3 atom stereocenters. The van der Waals surface area contributed by atoms with Gasteiger partial charge >= 0.3 is 5.97 Å². The first-order valence-corrected chi connectivity index (χ1v) is 16.8. The Bertz CT molecular complexity index is 1170. The summed E-state index contributed by atoms with van der Waals surface area (Å²) < 4.78 is 0. The first-order chi connectivity index (χ1) is 21.5. The second kappa shape index (κ2) is 17.3. The summed E-state index contributed by atoms with van der Waals surface area (Å²) in [4.78, 5) is 32.8. The fourth-order valence-electron chi connectivity index (χ4n) is 7.75. The quantitative estimate of drug-likeness (QED) is 0.288. The molecule has 1 amide bonds. The molecule has 3 aliphatic rings. The molecule has 2 saturated heterocycles. The van der Waals surface area contributed by atoms with Gasteiger partial charge in [0, 0.05) is 57.1 Å². The van der Waals surface area contributed by atoms with Crippen LogP contribution in [0, 0.1) is 5.92 Å². The van der Waals surface area contributed by atoms with Crippen molar-refractivity contribution < 1.29 is 14.7 Å². The number of hydrogen-bond donors (Lipinski definition) is 1. The lowest BCUT2D eigenvalue weighted by molar-refractivity contribution is -0.145. The molecule has 1 aliphatic carbocycles. The predicted octanol–water partition coefficient (Wildman–Crippen LogP) is 6.79. The van der Waals surface area contributed by atoms with E-state index in [1.165, 1.54) is 17.5 Å². The van der Waals surface area contributed by atoms with E-state index in [2.05, 4.69) is 77.2 Å². The number of carboxylic acid groups (broad SMARTS) is 1. The lowest BCUT2D eigenvalue weighted by atomic mass is 9.83. The van der Waals surface area contributed by atoms with Crippen molar-refractivity contribution in [3.05, 3.63) is 97.1 Å². The summed E-state index contributed by atoms with van der Waals surface area (Å²) in [7, 11) is 0. The van der Waals surface area contributed by atoms with E-state index in [1.54, 1.807) is 12.2 Å². The van der Waals surface area contributed by atoms with E-state index in [0.717, 1.165) is 77.7 Å². The first kappa shape index (κ1) is 33.7. The molecule has 0 radical (unpaired) electrons. The van der Waals surface area contributed by atoms with Crippen molar-refractivity contribution in [3.63, 3.8) is 0 Å². The molecule has 2 heterocycles. The third kappa shape index (κ3) is 8.92. The Kier molecular flexibility index (Phi) is 13.2. The number of aliphatic carboxylic acids is 1. The molecule has 6 nitrogen and oxygen atoms in total. The summed E-state index contributed by atoms with van der Waals surface area (Å²) in [5, 5.41) is 10.3. The third-order valence-electron chi connectivity index (χ3n) is 9.99. The molecule has 1 N–H and O–H groups in total. The van der Waals surface area contributed by atoms with Gasteiger partial charge in [-0.25, -0.2) is 0 Å². The topological polar surface area (TPSA) is 64.1 Å². The van der Waals surface area contributed by atoms with Crippen molar-refractivity contribution in [1.82, 2.24) is 14.7 Å². The van der Waals surface area contributed by atoms with Crippen molar-refractivity contribution in [2.75, 3.05) is 32.7 Å². The minimum Gasteiger partial charge on any atom is -0.480 e. The van der Waals surface area contributed by atoms with Crippen molar-refractivity contribution in [2.24, 2.45) is 5.92 Å². The van der Waals surface area contributed by atoms with E-state index in [0.29, 0.717) is 18.4 Å². The van der Waals surface area contributed by atoms with Gasteiger partial charge in [0.05, 0.1) is 0 Å². The number of piperidine rings is 1. The maximum absolute atomic E-state index is 13.2. The number of carbonyl (C=O) groups is 2. The second-order valence-corrected chi connectivity index (χ2v) is 12.6. The van der Waals surface area contributed by atoms with Crippen molar-refractivity contribution >= 4 is 11.9 Å². The molecule has 6 heteroatoms. The van der Waals surface area contributed by atoms with Gasteiger partial charge in [0.2, 0.25) is 5.91 Å². The predicted molar refractivity (Wildman–Crippen MR) is 180 cm³/mol. The summed E-state index contributed by atoms with van der Waals surface area (Å²) in [6.07, 6.45) is 12.2. The summed E-state index contributed by atoms with van der Waals surface area (Å²) in [6, 6.07) is 21.2. The highest BCUT2D eigenvalue weighted by molar-refractivity contribution is 5.77. The molecular formula is C38H53N3O3. The van der Waals surface area contributed by atoms with Gasteiger partial charge in [-0.2, -0.15) is 0 Å². The van der Waals surface area contributed by atoms with Crippen LogP contribution < -0.4 is 0 Å². The highest BCUT2D eigenvalue weighted by Crippen LogP contribution is 2.38. The molecule has 2 aromatic rings. The number of hydrogen-bond acceptors (Lipinski definition) is 4. The molecule has 238 valence electrons. The average Bonchev–Trinajstić information content (AvgIpc) is 3.50. The zero-order valence-corrected chi connectivity index (χ0v) is 26.7. The van der Waals surface area contributed by atoms with Crippen LogP contribution in [-0.2, 0) is 16.0 Å². The lowest BCUT2D eigenvalue weighted by Crippen LogP contribution is -2.52. The van der Waals surface area contributed by atoms with E-state index >= 15 is 0 Å². The van der Waals surface area contributed by atoms with Gasteiger partial charge in [-0.3, -0.25) is 19.4 Å². The molecule has 2 aliphatic heterocycles. The zero-order valence-electron chi connectivity index (χ0n) is 26.7. The Balaban J connectivity index is 0.00000104. The zero-order chi connectivity index (χ0) is 31.3. The SMILES string of the molecule is C=CC=C.CCN(C(=O)CCc1ccccc1)C1CCN(C2CN(C(C(=O)O)C3CCCCC3)CC2c2ccccc2)CC1. The Hall–Kier alpha value is -3.22. The van der Waals surface area contributed by atoms with Gasteiger partial charge in [-0.15, -0.1) is 0 Å². The molecule has 3 unspecified atom stereocenters. The molecule has 1 saturated carbocycles. The van der Waals surface area contributed by atoms with Gasteiger partial charge in [0.15, 0.2) is 0 Å². The molecule has 0 aromatic heterocycles. The maximum atomic E-state index is 13.2. The largest absolute Gasteiger partial charge is 0.480 e. The number of nitrogens with zero attached hydrogens (tertiary/aromatic N) is 3.